The number of nitro benzene ring substituents is 2. The fraction of sp³-hybridized carbons (Fsp3) is 0.0800. The topological polar surface area (TPSA) is 131 Å². The predicted molar refractivity (Wildman–Crippen MR) is 129 cm³/mol. The number of rotatable bonds is 9. The molecule has 0 saturated carbocycles. The lowest BCUT2D eigenvalue weighted by atomic mass is 10.1. The lowest BCUT2D eigenvalue weighted by molar-refractivity contribution is -0.394. The van der Waals surface area contributed by atoms with Gasteiger partial charge in [-0.2, -0.15) is 0 Å². The molecule has 3 aromatic rings. The van der Waals surface area contributed by atoms with Crippen LogP contribution in [0.5, 0.6) is 17.2 Å². The van der Waals surface area contributed by atoms with E-state index in [4.69, 9.17) is 14.2 Å². The molecule has 0 heterocycles. The predicted octanol–water partition coefficient (Wildman–Crippen LogP) is 5.31. The minimum atomic E-state index is -0.697. The normalized spacial score (nSPS) is 10.9. The van der Waals surface area contributed by atoms with Gasteiger partial charge in [-0.05, 0) is 53.6 Å². The second kappa shape index (κ2) is 11.2. The SMILES string of the molecule is COc1ccc(/C=C/C(=O)Oc2ccc(/C=C/c3ccc([N+](=O)[O-])cc3[N+](=O)[O-])cc2OC)cc1. The van der Waals surface area contributed by atoms with Gasteiger partial charge < -0.3 is 14.2 Å². The third-order valence-corrected chi connectivity index (χ3v) is 4.80. The molecule has 10 heteroatoms. The van der Waals surface area contributed by atoms with Crippen LogP contribution in [0.2, 0.25) is 0 Å². The summed E-state index contributed by atoms with van der Waals surface area (Å²) in [4.78, 5) is 33.0. The molecule has 0 aromatic heterocycles. The fourth-order valence-electron chi connectivity index (χ4n) is 3.02. The molecule has 0 N–H and O–H groups in total. The summed E-state index contributed by atoms with van der Waals surface area (Å²) in [6.45, 7) is 0. The molecule has 0 aliphatic carbocycles. The van der Waals surface area contributed by atoms with Gasteiger partial charge in [-0.3, -0.25) is 20.2 Å². The van der Waals surface area contributed by atoms with Gasteiger partial charge in [0.25, 0.3) is 11.4 Å². The molecule has 3 aromatic carbocycles. The Morgan fingerprint density at radius 3 is 2.11 bits per heavy atom. The van der Waals surface area contributed by atoms with E-state index in [2.05, 4.69) is 0 Å². The standard InChI is InChI=1S/C25H20N2O8/c1-33-21-11-4-17(5-12-21)7-14-25(28)35-23-13-6-18(15-24(23)34-2)3-8-19-9-10-20(26(29)30)16-22(19)27(31)32/h3-16H,1-2H3/b8-3+,14-7+. The maximum absolute atomic E-state index is 12.2. The van der Waals surface area contributed by atoms with Crippen LogP contribution in [-0.2, 0) is 4.79 Å². The van der Waals surface area contributed by atoms with Crippen molar-refractivity contribution in [3.8, 4) is 17.2 Å². The molecule has 35 heavy (non-hydrogen) atoms. The first-order chi connectivity index (χ1) is 16.8. The molecule has 3 rings (SSSR count). The maximum atomic E-state index is 12.2. The number of nitrogens with zero attached hydrogens (tertiary/aromatic N) is 2. The zero-order chi connectivity index (χ0) is 25.4. The molecular formula is C25H20N2O8. The number of benzene rings is 3. The largest absolute Gasteiger partial charge is 0.497 e. The average Bonchev–Trinajstić information content (AvgIpc) is 2.86. The quantitative estimate of drug-likeness (QED) is 0.101. The Hall–Kier alpha value is -4.99. The molecule has 0 fully saturated rings. The van der Waals surface area contributed by atoms with Crippen LogP contribution in [0.3, 0.4) is 0 Å². The van der Waals surface area contributed by atoms with E-state index in [0.717, 1.165) is 11.6 Å². The fourth-order valence-corrected chi connectivity index (χ4v) is 3.02. The van der Waals surface area contributed by atoms with E-state index in [1.807, 2.05) is 0 Å². The van der Waals surface area contributed by atoms with Crippen LogP contribution in [0, 0.1) is 20.2 Å². The molecule has 0 spiro atoms. The third-order valence-electron chi connectivity index (χ3n) is 4.80. The Balaban J connectivity index is 1.75. The molecule has 0 aliphatic heterocycles. The van der Waals surface area contributed by atoms with Gasteiger partial charge in [0.05, 0.1) is 35.7 Å². The highest BCUT2D eigenvalue weighted by molar-refractivity contribution is 5.89. The zero-order valence-electron chi connectivity index (χ0n) is 18.7. The van der Waals surface area contributed by atoms with Gasteiger partial charge in [0.1, 0.15) is 5.75 Å². The van der Waals surface area contributed by atoms with E-state index in [0.29, 0.717) is 11.3 Å². The van der Waals surface area contributed by atoms with Crippen LogP contribution in [0.25, 0.3) is 18.2 Å². The molecule has 0 aliphatic rings. The second-order valence-electron chi connectivity index (χ2n) is 7.03. The van der Waals surface area contributed by atoms with Crippen molar-refractivity contribution in [2.45, 2.75) is 0 Å². The van der Waals surface area contributed by atoms with Crippen LogP contribution >= 0.6 is 0 Å². The molecule has 10 nitrogen and oxygen atoms in total. The Morgan fingerprint density at radius 2 is 1.49 bits per heavy atom. The molecule has 0 amide bonds. The number of hydrogen-bond acceptors (Lipinski definition) is 8. The first kappa shape index (κ1) is 24.6. The Bertz CT molecular complexity index is 1310. The van der Waals surface area contributed by atoms with Crippen LogP contribution in [0.4, 0.5) is 11.4 Å². The molecule has 0 atom stereocenters. The number of esters is 1. The van der Waals surface area contributed by atoms with Crippen molar-refractivity contribution in [2.24, 2.45) is 0 Å². The van der Waals surface area contributed by atoms with Gasteiger partial charge in [-0.15, -0.1) is 0 Å². The number of hydrogen-bond donors (Lipinski definition) is 0. The smallest absolute Gasteiger partial charge is 0.336 e. The average molecular weight is 476 g/mol. The lowest BCUT2D eigenvalue weighted by Gasteiger charge is -2.09. The van der Waals surface area contributed by atoms with Crippen molar-refractivity contribution in [1.29, 1.82) is 0 Å². The summed E-state index contributed by atoms with van der Waals surface area (Å²) in [5, 5.41) is 22.2. The summed E-state index contributed by atoms with van der Waals surface area (Å²) in [6, 6.07) is 15.3. The first-order valence-corrected chi connectivity index (χ1v) is 10.1. The van der Waals surface area contributed by atoms with Gasteiger partial charge in [-0.25, -0.2) is 4.79 Å². The summed E-state index contributed by atoms with van der Waals surface area (Å²) in [5.74, 6) is 0.558. The van der Waals surface area contributed by atoms with E-state index in [-0.39, 0.29) is 22.7 Å². The monoisotopic (exact) mass is 476 g/mol. The van der Waals surface area contributed by atoms with E-state index in [1.165, 1.54) is 37.5 Å². The molecule has 178 valence electrons. The molecule has 0 radical (unpaired) electrons. The maximum Gasteiger partial charge on any atom is 0.336 e. The van der Waals surface area contributed by atoms with E-state index < -0.39 is 21.5 Å². The third kappa shape index (κ3) is 6.51. The molecule has 0 saturated heterocycles. The Morgan fingerprint density at radius 1 is 0.771 bits per heavy atom. The molecule has 0 bridgehead atoms. The number of methoxy groups -OCH3 is 2. The van der Waals surface area contributed by atoms with E-state index in [9.17, 15) is 25.0 Å². The van der Waals surface area contributed by atoms with Crippen molar-refractivity contribution < 1.29 is 28.9 Å². The number of non-ortho nitro benzene ring substituents is 1. The summed E-state index contributed by atoms with van der Waals surface area (Å²) < 4.78 is 15.7. The summed E-state index contributed by atoms with van der Waals surface area (Å²) in [5.41, 5.74) is 0.816. The molecular weight excluding hydrogens is 456 g/mol. The highest BCUT2D eigenvalue weighted by Gasteiger charge is 2.17. The van der Waals surface area contributed by atoms with Crippen molar-refractivity contribution in [1.82, 2.24) is 0 Å². The summed E-state index contributed by atoms with van der Waals surface area (Å²) in [6.07, 6.45) is 5.91. The number of ether oxygens (including phenoxy) is 3. The highest BCUT2D eigenvalue weighted by atomic mass is 16.6. The van der Waals surface area contributed by atoms with Gasteiger partial charge in [0.15, 0.2) is 11.5 Å². The number of nitro groups is 2. The van der Waals surface area contributed by atoms with E-state index in [1.54, 1.807) is 55.7 Å². The van der Waals surface area contributed by atoms with Gasteiger partial charge in [-0.1, -0.05) is 24.3 Å². The van der Waals surface area contributed by atoms with Crippen molar-refractivity contribution in [2.75, 3.05) is 14.2 Å². The number of carbonyl (C=O) groups excluding carboxylic acids is 1. The Labute approximate surface area is 200 Å². The van der Waals surface area contributed by atoms with Gasteiger partial charge in [0, 0.05) is 12.1 Å². The lowest BCUT2D eigenvalue weighted by Crippen LogP contribution is -2.05. The van der Waals surface area contributed by atoms with Crippen LogP contribution in [-0.4, -0.2) is 30.0 Å². The summed E-state index contributed by atoms with van der Waals surface area (Å²) >= 11 is 0. The first-order valence-electron chi connectivity index (χ1n) is 10.1. The van der Waals surface area contributed by atoms with Gasteiger partial charge >= 0.3 is 5.97 Å². The summed E-state index contributed by atoms with van der Waals surface area (Å²) in [7, 11) is 2.98. The van der Waals surface area contributed by atoms with Crippen LogP contribution in [0.15, 0.2) is 66.7 Å². The van der Waals surface area contributed by atoms with Crippen molar-refractivity contribution in [3.63, 3.8) is 0 Å². The van der Waals surface area contributed by atoms with Gasteiger partial charge in [0.2, 0.25) is 0 Å². The van der Waals surface area contributed by atoms with Crippen molar-refractivity contribution >= 4 is 35.6 Å². The van der Waals surface area contributed by atoms with E-state index >= 15 is 0 Å². The van der Waals surface area contributed by atoms with Crippen molar-refractivity contribution in [3.05, 3.63) is 104 Å². The minimum Gasteiger partial charge on any atom is -0.497 e. The molecule has 0 unspecified atom stereocenters. The van der Waals surface area contributed by atoms with Crippen LogP contribution in [0.1, 0.15) is 16.7 Å². The number of carbonyl (C=O) groups is 1. The second-order valence-corrected chi connectivity index (χ2v) is 7.03. The zero-order valence-corrected chi connectivity index (χ0v) is 18.7. The van der Waals surface area contributed by atoms with Crippen LogP contribution < -0.4 is 14.2 Å². The Kier molecular flexibility index (Phi) is 7.91. The highest BCUT2D eigenvalue weighted by Crippen LogP contribution is 2.30. The minimum absolute atomic E-state index is 0.190.